The van der Waals surface area contributed by atoms with Gasteiger partial charge in [0.05, 0.1) is 14.2 Å². The average molecular weight is 368 g/mol. The van der Waals surface area contributed by atoms with Crippen molar-refractivity contribution in [3.8, 4) is 11.5 Å². The first kappa shape index (κ1) is 18.0. The summed E-state index contributed by atoms with van der Waals surface area (Å²) >= 11 is 0. The number of rotatable bonds is 5. The predicted molar refractivity (Wildman–Crippen MR) is 105 cm³/mol. The van der Waals surface area contributed by atoms with Gasteiger partial charge in [0, 0.05) is 50.7 Å². The molecule has 144 valence electrons. The summed E-state index contributed by atoms with van der Waals surface area (Å²) < 4.78 is 10.9. The molecule has 0 saturated carbocycles. The largest absolute Gasteiger partial charge is 0.493 e. The summed E-state index contributed by atoms with van der Waals surface area (Å²) in [6, 6.07) is 4.22. The van der Waals surface area contributed by atoms with Crippen molar-refractivity contribution in [2.75, 3.05) is 38.8 Å². The maximum absolute atomic E-state index is 5.46. The van der Waals surface area contributed by atoms with Crippen LogP contribution in [0.4, 0.5) is 5.95 Å². The van der Waals surface area contributed by atoms with E-state index in [0.717, 1.165) is 56.6 Å². The van der Waals surface area contributed by atoms with E-state index in [1.165, 1.54) is 36.0 Å². The topological polar surface area (TPSA) is 50.7 Å². The van der Waals surface area contributed by atoms with Gasteiger partial charge >= 0.3 is 0 Å². The van der Waals surface area contributed by atoms with Crippen molar-refractivity contribution in [3.05, 3.63) is 41.2 Å². The van der Waals surface area contributed by atoms with Crippen LogP contribution in [0.15, 0.2) is 24.5 Å². The summed E-state index contributed by atoms with van der Waals surface area (Å²) in [6.07, 6.45) is 8.80. The minimum atomic E-state index is 0.798. The zero-order chi connectivity index (χ0) is 18.6. The smallest absolute Gasteiger partial charge is 0.225 e. The van der Waals surface area contributed by atoms with Gasteiger partial charge in [-0.15, -0.1) is 0 Å². The normalized spacial score (nSPS) is 17.5. The Morgan fingerprint density at radius 3 is 2.22 bits per heavy atom. The van der Waals surface area contributed by atoms with Crippen molar-refractivity contribution >= 4 is 5.95 Å². The lowest BCUT2D eigenvalue weighted by Gasteiger charge is -2.30. The third-order valence-corrected chi connectivity index (χ3v) is 5.53. The van der Waals surface area contributed by atoms with Crippen LogP contribution in [-0.2, 0) is 19.5 Å². The van der Waals surface area contributed by atoms with E-state index in [1.54, 1.807) is 14.2 Å². The number of fused-ring (bicyclic) bond motifs is 1. The summed E-state index contributed by atoms with van der Waals surface area (Å²) in [7, 11) is 3.37. The highest BCUT2D eigenvalue weighted by atomic mass is 16.5. The summed E-state index contributed by atoms with van der Waals surface area (Å²) in [6.45, 7) is 4.95. The van der Waals surface area contributed by atoms with Crippen molar-refractivity contribution in [2.24, 2.45) is 0 Å². The monoisotopic (exact) mass is 368 g/mol. The van der Waals surface area contributed by atoms with E-state index >= 15 is 0 Å². The first-order valence-corrected chi connectivity index (χ1v) is 9.79. The van der Waals surface area contributed by atoms with Gasteiger partial charge in [-0.05, 0) is 48.9 Å². The van der Waals surface area contributed by atoms with Gasteiger partial charge in [-0.25, -0.2) is 9.97 Å². The molecule has 0 aliphatic carbocycles. The lowest BCUT2D eigenvalue weighted by molar-refractivity contribution is 0.243. The number of anilines is 1. The molecule has 2 aromatic rings. The van der Waals surface area contributed by atoms with E-state index in [2.05, 4.69) is 31.9 Å². The maximum Gasteiger partial charge on any atom is 0.225 e. The van der Waals surface area contributed by atoms with Crippen molar-refractivity contribution in [1.82, 2.24) is 14.9 Å². The van der Waals surface area contributed by atoms with Gasteiger partial charge in [-0.1, -0.05) is 0 Å². The number of hydrogen-bond acceptors (Lipinski definition) is 6. The van der Waals surface area contributed by atoms with Crippen molar-refractivity contribution in [3.63, 3.8) is 0 Å². The lowest BCUT2D eigenvalue weighted by atomic mass is 9.98. The summed E-state index contributed by atoms with van der Waals surface area (Å²) in [4.78, 5) is 14.0. The van der Waals surface area contributed by atoms with E-state index in [4.69, 9.17) is 9.47 Å². The van der Waals surface area contributed by atoms with Crippen LogP contribution in [0.25, 0.3) is 0 Å². The molecule has 0 spiro atoms. The molecule has 6 heteroatoms. The summed E-state index contributed by atoms with van der Waals surface area (Å²) in [5.74, 6) is 2.48. The van der Waals surface area contributed by atoms with Gasteiger partial charge < -0.3 is 14.4 Å². The van der Waals surface area contributed by atoms with E-state index in [-0.39, 0.29) is 0 Å². The fraction of sp³-hybridized carbons (Fsp3) is 0.524. The van der Waals surface area contributed by atoms with Crippen LogP contribution in [-0.4, -0.2) is 48.7 Å². The molecule has 1 fully saturated rings. The van der Waals surface area contributed by atoms with Crippen LogP contribution in [0, 0.1) is 0 Å². The molecule has 4 rings (SSSR count). The Balaban J connectivity index is 1.42. The second kappa shape index (κ2) is 8.13. The van der Waals surface area contributed by atoms with Gasteiger partial charge in [-0.3, -0.25) is 4.90 Å². The number of aromatic nitrogens is 2. The number of methoxy groups -OCH3 is 2. The zero-order valence-electron chi connectivity index (χ0n) is 16.3. The summed E-state index contributed by atoms with van der Waals surface area (Å²) in [5, 5.41) is 0. The Morgan fingerprint density at radius 1 is 0.889 bits per heavy atom. The highest BCUT2D eigenvalue weighted by Crippen LogP contribution is 2.33. The number of piperidine rings is 1. The highest BCUT2D eigenvalue weighted by molar-refractivity contribution is 5.48. The van der Waals surface area contributed by atoms with Crippen molar-refractivity contribution < 1.29 is 9.47 Å². The molecule has 0 N–H and O–H groups in total. The highest BCUT2D eigenvalue weighted by Gasteiger charge is 2.20. The standard InChI is InChI=1S/C21H28N4O2/c1-26-19-10-17-6-9-24(15-18(17)11-20(19)27-2)14-16-12-22-21(23-13-16)25-7-4-3-5-8-25/h10-13H,3-9,14-15H2,1-2H3. The summed E-state index contributed by atoms with van der Waals surface area (Å²) in [5.41, 5.74) is 3.82. The third kappa shape index (κ3) is 4.00. The fourth-order valence-electron chi connectivity index (χ4n) is 4.02. The van der Waals surface area contributed by atoms with Gasteiger partial charge in [0.15, 0.2) is 11.5 Å². The molecule has 2 aliphatic heterocycles. The SMILES string of the molecule is COc1cc2c(cc1OC)CN(Cc1cnc(N3CCCCC3)nc1)CC2. The molecule has 6 nitrogen and oxygen atoms in total. The van der Waals surface area contributed by atoms with Crippen LogP contribution in [0.1, 0.15) is 36.0 Å². The van der Waals surface area contributed by atoms with Crippen LogP contribution >= 0.6 is 0 Å². The fourth-order valence-corrected chi connectivity index (χ4v) is 4.02. The molecule has 1 saturated heterocycles. The number of benzene rings is 1. The van der Waals surface area contributed by atoms with Crippen LogP contribution < -0.4 is 14.4 Å². The minimum absolute atomic E-state index is 0.798. The van der Waals surface area contributed by atoms with Gasteiger partial charge in [0.2, 0.25) is 5.95 Å². The molecule has 1 aromatic heterocycles. The predicted octanol–water partition coefficient (Wildman–Crippen LogP) is 3.04. The van der Waals surface area contributed by atoms with Gasteiger partial charge in [-0.2, -0.15) is 0 Å². The number of ether oxygens (including phenoxy) is 2. The molecule has 3 heterocycles. The molecule has 0 unspecified atom stereocenters. The Bertz CT molecular complexity index is 772. The van der Waals surface area contributed by atoms with Crippen LogP contribution in [0.3, 0.4) is 0 Å². The zero-order valence-corrected chi connectivity index (χ0v) is 16.3. The lowest BCUT2D eigenvalue weighted by Crippen LogP contribution is -2.31. The first-order valence-electron chi connectivity index (χ1n) is 9.79. The molecule has 27 heavy (non-hydrogen) atoms. The molecule has 0 atom stereocenters. The molecule has 0 radical (unpaired) electrons. The number of hydrogen-bond donors (Lipinski definition) is 0. The second-order valence-electron chi connectivity index (χ2n) is 7.38. The maximum atomic E-state index is 5.46. The minimum Gasteiger partial charge on any atom is -0.493 e. The molecule has 1 aromatic carbocycles. The van der Waals surface area contributed by atoms with E-state index < -0.39 is 0 Å². The van der Waals surface area contributed by atoms with Crippen molar-refractivity contribution in [1.29, 1.82) is 0 Å². The molecular weight excluding hydrogens is 340 g/mol. The Labute approximate surface area is 161 Å². The van der Waals surface area contributed by atoms with Gasteiger partial charge in [0.1, 0.15) is 0 Å². The van der Waals surface area contributed by atoms with E-state index in [9.17, 15) is 0 Å². The number of nitrogens with zero attached hydrogens (tertiary/aromatic N) is 4. The Morgan fingerprint density at radius 2 is 1.56 bits per heavy atom. The molecular formula is C21H28N4O2. The second-order valence-corrected chi connectivity index (χ2v) is 7.38. The van der Waals surface area contributed by atoms with Crippen molar-refractivity contribution in [2.45, 2.75) is 38.8 Å². The first-order chi connectivity index (χ1) is 13.3. The quantitative estimate of drug-likeness (QED) is 0.809. The molecule has 2 aliphatic rings. The van der Waals surface area contributed by atoms with Gasteiger partial charge in [0.25, 0.3) is 0 Å². The molecule has 0 bridgehead atoms. The van der Waals surface area contributed by atoms with Crippen LogP contribution in [0.5, 0.6) is 11.5 Å². The molecule has 0 amide bonds. The van der Waals surface area contributed by atoms with E-state index in [0.29, 0.717) is 0 Å². The van der Waals surface area contributed by atoms with E-state index in [1.807, 2.05) is 12.4 Å². The third-order valence-electron chi connectivity index (χ3n) is 5.53. The Kier molecular flexibility index (Phi) is 5.43. The van der Waals surface area contributed by atoms with Crippen LogP contribution in [0.2, 0.25) is 0 Å². The average Bonchev–Trinajstić information content (AvgIpc) is 2.74. The Hall–Kier alpha value is -2.34.